The molecule has 1 aromatic carbocycles. The summed E-state index contributed by atoms with van der Waals surface area (Å²) in [5.41, 5.74) is 2.77. The molecule has 0 saturated heterocycles. The Morgan fingerprint density at radius 2 is 2.00 bits per heavy atom. The maximum atomic E-state index is 12.7. The van der Waals surface area contributed by atoms with Crippen molar-refractivity contribution in [3.63, 3.8) is 0 Å². The third-order valence-corrected chi connectivity index (χ3v) is 4.76. The number of hydrogen-bond acceptors (Lipinski definition) is 2. The van der Waals surface area contributed by atoms with Gasteiger partial charge in [-0.25, -0.2) is 5.43 Å². The third-order valence-electron chi connectivity index (χ3n) is 4.76. The van der Waals surface area contributed by atoms with E-state index in [1.807, 2.05) is 18.5 Å². The molecule has 1 aromatic heterocycles. The summed E-state index contributed by atoms with van der Waals surface area (Å²) in [6.45, 7) is 0. The minimum Gasteiger partial charge on any atom is -0.351 e. The molecule has 1 fully saturated rings. The Balaban J connectivity index is 1.52. The van der Waals surface area contributed by atoms with E-state index < -0.39 is 17.6 Å². The van der Waals surface area contributed by atoms with Gasteiger partial charge in [0.1, 0.15) is 0 Å². The molecule has 0 atom stereocenters. The first-order valence-electron chi connectivity index (χ1n) is 9.07. The molecule has 0 spiro atoms. The monoisotopic (exact) mass is 377 g/mol. The molecular formula is C20H22F3N3O. The minimum absolute atomic E-state index is 0.162. The lowest BCUT2D eigenvalue weighted by Gasteiger charge is -2.23. The van der Waals surface area contributed by atoms with Crippen LogP contribution >= 0.6 is 0 Å². The Hall–Kier alpha value is -2.57. The van der Waals surface area contributed by atoms with Crippen molar-refractivity contribution >= 4 is 12.1 Å². The number of rotatable bonds is 5. The number of carbonyl (C=O) groups excluding carboxylic acids is 1. The predicted molar refractivity (Wildman–Crippen MR) is 97.4 cm³/mol. The number of halogens is 3. The van der Waals surface area contributed by atoms with Gasteiger partial charge < -0.3 is 4.57 Å². The molecule has 144 valence electrons. The molecule has 1 N–H and O–H groups in total. The summed E-state index contributed by atoms with van der Waals surface area (Å²) in [6.07, 6.45) is 7.13. The number of alkyl halides is 3. The molecule has 4 nitrogen and oxygen atoms in total. The zero-order valence-electron chi connectivity index (χ0n) is 14.9. The van der Waals surface area contributed by atoms with Crippen molar-refractivity contribution in [2.24, 2.45) is 5.10 Å². The van der Waals surface area contributed by atoms with Gasteiger partial charge in [0, 0.05) is 24.0 Å². The lowest BCUT2D eigenvalue weighted by atomic mass is 9.95. The number of nitrogens with zero attached hydrogens (tertiary/aromatic N) is 2. The van der Waals surface area contributed by atoms with Gasteiger partial charge in [-0.2, -0.15) is 18.3 Å². The molecule has 0 unspecified atom stereocenters. The van der Waals surface area contributed by atoms with E-state index in [1.54, 1.807) is 6.21 Å². The summed E-state index contributed by atoms with van der Waals surface area (Å²) >= 11 is 0. The Morgan fingerprint density at radius 1 is 1.22 bits per heavy atom. The van der Waals surface area contributed by atoms with Gasteiger partial charge in [0.15, 0.2) is 0 Å². The zero-order chi connectivity index (χ0) is 19.3. The lowest BCUT2D eigenvalue weighted by Crippen LogP contribution is -2.20. The molecule has 0 aliphatic heterocycles. The van der Waals surface area contributed by atoms with Crippen LogP contribution in [0.1, 0.15) is 54.8 Å². The van der Waals surface area contributed by atoms with Gasteiger partial charge in [-0.05, 0) is 30.5 Å². The summed E-state index contributed by atoms with van der Waals surface area (Å²) in [5.74, 6) is -0.461. The van der Waals surface area contributed by atoms with Crippen LogP contribution in [0.5, 0.6) is 0 Å². The van der Waals surface area contributed by atoms with Crippen LogP contribution in [0.25, 0.3) is 0 Å². The molecule has 2 aromatic rings. The molecule has 27 heavy (non-hydrogen) atoms. The van der Waals surface area contributed by atoms with Gasteiger partial charge in [0.2, 0.25) is 5.91 Å². The molecule has 0 radical (unpaired) electrons. The van der Waals surface area contributed by atoms with E-state index in [0.717, 1.165) is 17.7 Å². The fourth-order valence-electron chi connectivity index (χ4n) is 3.37. The maximum Gasteiger partial charge on any atom is 0.416 e. The normalized spacial score (nSPS) is 16.0. The highest BCUT2D eigenvalue weighted by Crippen LogP contribution is 2.30. The first kappa shape index (κ1) is 19.2. The van der Waals surface area contributed by atoms with Gasteiger partial charge in [-0.1, -0.05) is 37.5 Å². The summed E-state index contributed by atoms with van der Waals surface area (Å²) in [7, 11) is 0. The van der Waals surface area contributed by atoms with E-state index in [2.05, 4.69) is 15.1 Å². The van der Waals surface area contributed by atoms with Crippen LogP contribution in [0.2, 0.25) is 0 Å². The molecule has 1 aliphatic rings. The molecule has 1 saturated carbocycles. The summed E-state index contributed by atoms with van der Waals surface area (Å²) in [5, 5.41) is 3.91. The highest BCUT2D eigenvalue weighted by molar-refractivity contribution is 5.83. The molecule has 0 bridgehead atoms. The quantitative estimate of drug-likeness (QED) is 0.596. The highest BCUT2D eigenvalue weighted by atomic mass is 19.4. The smallest absolute Gasteiger partial charge is 0.351 e. The van der Waals surface area contributed by atoms with E-state index in [4.69, 9.17) is 0 Å². The molecule has 3 rings (SSSR count). The van der Waals surface area contributed by atoms with E-state index in [9.17, 15) is 18.0 Å². The first-order chi connectivity index (χ1) is 12.9. The average molecular weight is 377 g/mol. The van der Waals surface area contributed by atoms with Crippen LogP contribution in [-0.2, 0) is 17.4 Å². The fourth-order valence-corrected chi connectivity index (χ4v) is 3.37. The second kappa shape index (κ2) is 8.41. The van der Waals surface area contributed by atoms with Gasteiger partial charge in [-0.3, -0.25) is 4.79 Å². The zero-order valence-corrected chi connectivity index (χ0v) is 14.9. The Bertz CT molecular complexity index is 805. The van der Waals surface area contributed by atoms with Crippen LogP contribution in [-0.4, -0.2) is 16.7 Å². The molecule has 1 amide bonds. The number of carbonyl (C=O) groups is 1. The van der Waals surface area contributed by atoms with E-state index >= 15 is 0 Å². The summed E-state index contributed by atoms with van der Waals surface area (Å²) in [4.78, 5) is 11.9. The van der Waals surface area contributed by atoms with E-state index in [0.29, 0.717) is 11.6 Å². The lowest BCUT2D eigenvalue weighted by molar-refractivity contribution is -0.137. The average Bonchev–Trinajstić information content (AvgIpc) is 3.11. The van der Waals surface area contributed by atoms with E-state index in [-0.39, 0.29) is 6.42 Å². The van der Waals surface area contributed by atoms with Crippen molar-refractivity contribution in [2.45, 2.75) is 50.7 Å². The van der Waals surface area contributed by atoms with Crippen molar-refractivity contribution in [2.75, 3.05) is 0 Å². The Labute approximate surface area is 156 Å². The predicted octanol–water partition coefficient (Wildman–Crippen LogP) is 4.70. The molecular weight excluding hydrogens is 355 g/mol. The molecule has 1 aliphatic carbocycles. The molecule has 7 heteroatoms. The van der Waals surface area contributed by atoms with Gasteiger partial charge in [-0.15, -0.1) is 0 Å². The van der Waals surface area contributed by atoms with Crippen LogP contribution in [0, 0.1) is 0 Å². The number of amides is 1. The van der Waals surface area contributed by atoms with Crippen LogP contribution < -0.4 is 5.43 Å². The fraction of sp³-hybridized carbons (Fsp3) is 0.400. The number of aromatic nitrogens is 1. The summed E-state index contributed by atoms with van der Waals surface area (Å²) < 4.78 is 40.3. The van der Waals surface area contributed by atoms with Gasteiger partial charge >= 0.3 is 6.18 Å². The number of hydrogen-bond donors (Lipinski definition) is 1. The minimum atomic E-state index is -4.42. The summed E-state index contributed by atoms with van der Waals surface area (Å²) in [6, 6.07) is 7.20. The Kier molecular flexibility index (Phi) is 5.98. The Morgan fingerprint density at radius 3 is 2.74 bits per heavy atom. The second-order valence-electron chi connectivity index (χ2n) is 6.85. The highest BCUT2D eigenvalue weighted by Gasteiger charge is 2.30. The van der Waals surface area contributed by atoms with Crippen LogP contribution in [0.15, 0.2) is 47.8 Å². The maximum absolute atomic E-state index is 12.7. The van der Waals surface area contributed by atoms with Crippen molar-refractivity contribution in [3.05, 3.63) is 59.4 Å². The van der Waals surface area contributed by atoms with Gasteiger partial charge in [0.05, 0.1) is 18.2 Å². The van der Waals surface area contributed by atoms with Crippen LogP contribution in [0.3, 0.4) is 0 Å². The second-order valence-corrected chi connectivity index (χ2v) is 6.85. The SMILES string of the molecule is O=C(Cc1cccc(C(F)(F)F)c1)N/N=C/c1ccn(C2CCCCC2)c1. The number of benzene rings is 1. The topological polar surface area (TPSA) is 46.4 Å². The standard InChI is InChI=1S/C20H22F3N3O/c21-20(22,23)17-6-4-5-15(11-17)12-19(27)25-24-13-16-9-10-26(14-16)18-7-2-1-3-8-18/h4-6,9-11,13-14,18H,1-3,7-8,12H2,(H,25,27)/b24-13+. The third kappa shape index (κ3) is 5.45. The van der Waals surface area contributed by atoms with Crippen LogP contribution in [0.4, 0.5) is 13.2 Å². The van der Waals surface area contributed by atoms with E-state index in [1.165, 1.54) is 44.2 Å². The van der Waals surface area contributed by atoms with Crippen molar-refractivity contribution in [1.82, 2.24) is 9.99 Å². The van der Waals surface area contributed by atoms with Gasteiger partial charge in [0.25, 0.3) is 0 Å². The van der Waals surface area contributed by atoms with Crippen molar-refractivity contribution in [1.29, 1.82) is 0 Å². The van der Waals surface area contributed by atoms with Crippen molar-refractivity contribution < 1.29 is 18.0 Å². The molecule has 1 heterocycles. The largest absolute Gasteiger partial charge is 0.416 e. The van der Waals surface area contributed by atoms with Crippen molar-refractivity contribution in [3.8, 4) is 0 Å². The first-order valence-corrected chi connectivity index (χ1v) is 9.07. The number of nitrogens with one attached hydrogen (secondary N) is 1. The number of hydrazone groups is 1.